The molecule has 0 saturated heterocycles. The molecule has 1 aromatic rings. The van der Waals surface area contributed by atoms with Gasteiger partial charge in [-0.15, -0.1) is 11.8 Å². The summed E-state index contributed by atoms with van der Waals surface area (Å²) in [5, 5.41) is 0. The maximum Gasteiger partial charge on any atom is 0.323 e. The van der Waals surface area contributed by atoms with E-state index >= 15 is 0 Å². The Morgan fingerprint density at radius 3 is 2.33 bits per heavy atom. The molecule has 1 fully saturated rings. The number of rotatable bonds is 6. The molecule has 0 aromatic heterocycles. The molecule has 0 unspecified atom stereocenters. The minimum Gasteiger partial charge on any atom is -0.468 e. The molecule has 0 spiro atoms. The van der Waals surface area contributed by atoms with Gasteiger partial charge in [0.05, 0.1) is 12.0 Å². The summed E-state index contributed by atoms with van der Waals surface area (Å²) in [5.74, 6) is -0.536. The molecule has 116 valence electrons. The van der Waals surface area contributed by atoms with Crippen LogP contribution in [-0.2, 0) is 19.6 Å². The van der Waals surface area contributed by atoms with E-state index in [-0.39, 0.29) is 10.9 Å². The van der Waals surface area contributed by atoms with E-state index in [0.29, 0.717) is 0 Å². The molecule has 7 heteroatoms. The number of esters is 1. The third-order valence-corrected chi connectivity index (χ3v) is 6.25. The number of ether oxygens (including phenoxy) is 1. The minimum atomic E-state index is -3.69. The number of methoxy groups -OCH3 is 1. The molecule has 5 nitrogen and oxygen atoms in total. The average molecular weight is 329 g/mol. The number of hydrogen-bond donors (Lipinski definition) is 0. The van der Waals surface area contributed by atoms with Crippen LogP contribution in [0.25, 0.3) is 0 Å². The number of nitrogens with zero attached hydrogens (tertiary/aromatic N) is 1. The average Bonchev–Trinajstić information content (AvgIpc) is 3.30. The fourth-order valence-electron chi connectivity index (χ4n) is 2.19. The molecule has 21 heavy (non-hydrogen) atoms. The van der Waals surface area contributed by atoms with Crippen molar-refractivity contribution in [2.45, 2.75) is 41.6 Å². The molecule has 1 aliphatic rings. The van der Waals surface area contributed by atoms with Crippen LogP contribution in [0.2, 0.25) is 0 Å². The lowest BCUT2D eigenvalue weighted by atomic mass is 10.3. The van der Waals surface area contributed by atoms with Gasteiger partial charge in [0, 0.05) is 10.9 Å². The minimum absolute atomic E-state index is 0.107. The van der Waals surface area contributed by atoms with Gasteiger partial charge in [0.15, 0.2) is 0 Å². The van der Waals surface area contributed by atoms with Crippen molar-refractivity contribution in [1.29, 1.82) is 0 Å². The first-order valence-corrected chi connectivity index (χ1v) is 9.33. The van der Waals surface area contributed by atoms with Crippen molar-refractivity contribution in [1.82, 2.24) is 4.31 Å². The molecule has 0 aliphatic heterocycles. The van der Waals surface area contributed by atoms with Crippen molar-refractivity contribution in [2.75, 3.05) is 13.4 Å². The fraction of sp³-hybridized carbons (Fsp3) is 0.500. The van der Waals surface area contributed by atoms with Crippen molar-refractivity contribution >= 4 is 27.8 Å². The Kier molecular flexibility index (Phi) is 4.95. The highest BCUT2D eigenvalue weighted by molar-refractivity contribution is 7.98. The highest BCUT2D eigenvalue weighted by Crippen LogP contribution is 2.34. The molecule has 0 amide bonds. The second kappa shape index (κ2) is 6.37. The van der Waals surface area contributed by atoms with Crippen LogP contribution in [0.3, 0.4) is 0 Å². The summed E-state index contributed by atoms with van der Waals surface area (Å²) < 4.78 is 31.5. The Balaban J connectivity index is 2.35. The first-order chi connectivity index (χ1) is 9.91. The van der Waals surface area contributed by atoms with Crippen LogP contribution in [0.5, 0.6) is 0 Å². The Morgan fingerprint density at radius 2 is 1.90 bits per heavy atom. The molecule has 0 bridgehead atoms. The molecular weight excluding hydrogens is 310 g/mol. The number of sulfonamides is 1. The largest absolute Gasteiger partial charge is 0.468 e. The second-order valence-corrected chi connectivity index (χ2v) is 7.66. The number of carbonyl (C=O) groups excluding carboxylic acids is 1. The Bertz CT molecular complexity index is 608. The summed E-state index contributed by atoms with van der Waals surface area (Å²) in [5.41, 5.74) is 0. The predicted octanol–water partition coefficient (Wildman–Crippen LogP) is 2.12. The quantitative estimate of drug-likeness (QED) is 0.591. The molecule has 0 heterocycles. The van der Waals surface area contributed by atoms with E-state index in [1.165, 1.54) is 11.4 Å². The van der Waals surface area contributed by atoms with E-state index in [1.807, 2.05) is 6.26 Å². The Morgan fingerprint density at radius 1 is 1.33 bits per heavy atom. The first-order valence-electron chi connectivity index (χ1n) is 6.67. The highest BCUT2D eigenvalue weighted by Gasteiger charge is 2.43. The van der Waals surface area contributed by atoms with E-state index in [4.69, 9.17) is 4.74 Å². The maximum atomic E-state index is 12.8. The number of hydrogen-bond acceptors (Lipinski definition) is 5. The van der Waals surface area contributed by atoms with Crippen molar-refractivity contribution in [3.05, 3.63) is 24.3 Å². The van der Waals surface area contributed by atoms with E-state index in [2.05, 4.69) is 0 Å². The van der Waals surface area contributed by atoms with Crippen LogP contribution < -0.4 is 0 Å². The van der Waals surface area contributed by atoms with Gasteiger partial charge in [0.2, 0.25) is 10.0 Å². The zero-order chi connectivity index (χ0) is 15.6. The number of thioether (sulfide) groups is 1. The fourth-order valence-corrected chi connectivity index (χ4v) is 4.43. The van der Waals surface area contributed by atoms with E-state index in [1.54, 1.807) is 43.0 Å². The lowest BCUT2D eigenvalue weighted by molar-refractivity contribution is -0.144. The molecule has 2 rings (SSSR count). The molecule has 1 atom stereocenters. The zero-order valence-corrected chi connectivity index (χ0v) is 13.9. The molecule has 1 aliphatic carbocycles. The third kappa shape index (κ3) is 3.41. The van der Waals surface area contributed by atoms with E-state index in [9.17, 15) is 13.2 Å². The highest BCUT2D eigenvalue weighted by atomic mass is 32.2. The molecule has 1 aromatic carbocycles. The van der Waals surface area contributed by atoms with Crippen LogP contribution in [0, 0.1) is 0 Å². The molecule has 1 saturated carbocycles. The van der Waals surface area contributed by atoms with Crippen LogP contribution in [-0.4, -0.2) is 44.1 Å². The summed E-state index contributed by atoms with van der Waals surface area (Å²) in [6.45, 7) is 1.57. The lowest BCUT2D eigenvalue weighted by Gasteiger charge is -2.26. The van der Waals surface area contributed by atoms with Gasteiger partial charge in [-0.25, -0.2) is 8.42 Å². The van der Waals surface area contributed by atoms with Gasteiger partial charge in [0.1, 0.15) is 6.04 Å². The van der Waals surface area contributed by atoms with Gasteiger partial charge in [-0.3, -0.25) is 4.79 Å². The van der Waals surface area contributed by atoms with Gasteiger partial charge in [-0.2, -0.15) is 4.31 Å². The van der Waals surface area contributed by atoms with Crippen molar-refractivity contribution < 1.29 is 17.9 Å². The van der Waals surface area contributed by atoms with Crippen molar-refractivity contribution in [3.8, 4) is 0 Å². The van der Waals surface area contributed by atoms with Gasteiger partial charge < -0.3 is 4.74 Å². The van der Waals surface area contributed by atoms with Crippen LogP contribution in [0.1, 0.15) is 19.8 Å². The summed E-state index contributed by atoms with van der Waals surface area (Å²) in [7, 11) is -2.43. The standard InChI is InChI=1S/C14H19NO4S2/c1-10(14(16)19-2)15(11-4-5-11)21(17,18)13-8-6-12(20-3)7-9-13/h6-11H,4-5H2,1-3H3/t10-/m0/s1. The van der Waals surface area contributed by atoms with E-state index in [0.717, 1.165) is 17.7 Å². The summed E-state index contributed by atoms with van der Waals surface area (Å²) in [6.07, 6.45) is 3.49. The normalized spacial score (nSPS) is 16.8. The number of benzene rings is 1. The summed E-state index contributed by atoms with van der Waals surface area (Å²) in [4.78, 5) is 12.9. The van der Waals surface area contributed by atoms with Crippen LogP contribution >= 0.6 is 11.8 Å². The van der Waals surface area contributed by atoms with Gasteiger partial charge in [0.25, 0.3) is 0 Å². The molecular formula is C14H19NO4S2. The van der Waals surface area contributed by atoms with Gasteiger partial charge in [-0.1, -0.05) is 0 Å². The zero-order valence-electron chi connectivity index (χ0n) is 12.3. The smallest absolute Gasteiger partial charge is 0.323 e. The predicted molar refractivity (Wildman–Crippen MR) is 81.7 cm³/mol. The van der Waals surface area contributed by atoms with Gasteiger partial charge >= 0.3 is 5.97 Å². The molecule has 0 radical (unpaired) electrons. The maximum absolute atomic E-state index is 12.8. The molecule has 0 N–H and O–H groups in total. The SMILES string of the molecule is COC(=O)[C@H](C)N(C1CC1)S(=O)(=O)c1ccc(SC)cc1. The Hall–Kier alpha value is -1.05. The monoisotopic (exact) mass is 329 g/mol. The van der Waals surface area contributed by atoms with E-state index < -0.39 is 22.0 Å². The summed E-state index contributed by atoms with van der Waals surface area (Å²) >= 11 is 1.55. The van der Waals surface area contributed by atoms with Gasteiger partial charge in [-0.05, 0) is 50.3 Å². The first kappa shape index (κ1) is 16.3. The van der Waals surface area contributed by atoms with Crippen molar-refractivity contribution in [3.63, 3.8) is 0 Å². The topological polar surface area (TPSA) is 63.7 Å². The van der Waals surface area contributed by atoms with Crippen LogP contribution in [0.4, 0.5) is 0 Å². The Labute approximate surface area is 129 Å². The van der Waals surface area contributed by atoms with Crippen LogP contribution in [0.15, 0.2) is 34.1 Å². The second-order valence-electron chi connectivity index (χ2n) is 4.94. The number of carbonyl (C=O) groups is 1. The lowest BCUT2D eigenvalue weighted by Crippen LogP contribution is -2.45. The third-order valence-electron chi connectivity index (χ3n) is 3.47. The summed E-state index contributed by atoms with van der Waals surface area (Å²) in [6, 6.07) is 5.79. The van der Waals surface area contributed by atoms with Crippen molar-refractivity contribution in [2.24, 2.45) is 0 Å².